The molecule has 36 heavy (non-hydrogen) atoms. The van der Waals surface area contributed by atoms with Crippen LogP contribution in [-0.4, -0.2) is 39.2 Å². The van der Waals surface area contributed by atoms with Gasteiger partial charge in [0.15, 0.2) is 12.4 Å². The van der Waals surface area contributed by atoms with Gasteiger partial charge in [0.1, 0.15) is 11.5 Å². The highest BCUT2D eigenvalue weighted by Gasteiger charge is 2.13. The SMILES string of the molecule is COc1ccc(NC(=O)COc2ccc(Cl)cc2/C=c2\sc3nc(-c4ccncc4)nn3c2=O)cc1. The highest BCUT2D eigenvalue weighted by Crippen LogP contribution is 2.24. The topological polar surface area (TPSA) is 108 Å². The number of rotatable bonds is 7. The van der Waals surface area contributed by atoms with Crippen LogP contribution in [-0.2, 0) is 4.79 Å². The van der Waals surface area contributed by atoms with Gasteiger partial charge < -0.3 is 14.8 Å². The number of ether oxygens (including phenoxy) is 2. The van der Waals surface area contributed by atoms with Crippen molar-refractivity contribution in [3.63, 3.8) is 0 Å². The van der Waals surface area contributed by atoms with E-state index in [1.807, 2.05) is 0 Å². The van der Waals surface area contributed by atoms with E-state index in [4.69, 9.17) is 21.1 Å². The van der Waals surface area contributed by atoms with Gasteiger partial charge in [0, 0.05) is 34.2 Å². The smallest absolute Gasteiger partial charge is 0.291 e. The molecule has 2 aromatic carbocycles. The fourth-order valence-corrected chi connectivity index (χ4v) is 4.46. The predicted molar refractivity (Wildman–Crippen MR) is 138 cm³/mol. The fourth-order valence-electron chi connectivity index (χ4n) is 3.38. The zero-order chi connectivity index (χ0) is 25.1. The summed E-state index contributed by atoms with van der Waals surface area (Å²) in [5, 5.41) is 7.55. The Kier molecular flexibility index (Phi) is 6.61. The number of benzene rings is 2. The molecule has 0 radical (unpaired) electrons. The largest absolute Gasteiger partial charge is 0.497 e. The average molecular weight is 520 g/mol. The first kappa shape index (κ1) is 23.5. The van der Waals surface area contributed by atoms with Crippen LogP contribution >= 0.6 is 22.9 Å². The molecule has 1 N–H and O–H groups in total. The molecule has 0 saturated heterocycles. The average Bonchev–Trinajstić information content (AvgIpc) is 3.44. The van der Waals surface area contributed by atoms with Crippen LogP contribution in [0.2, 0.25) is 5.02 Å². The number of carbonyl (C=O) groups excluding carboxylic acids is 1. The summed E-state index contributed by atoms with van der Waals surface area (Å²) in [6.45, 7) is -0.233. The van der Waals surface area contributed by atoms with Gasteiger partial charge >= 0.3 is 0 Å². The quantitative estimate of drug-likeness (QED) is 0.351. The van der Waals surface area contributed by atoms with E-state index in [-0.39, 0.29) is 18.1 Å². The van der Waals surface area contributed by atoms with E-state index in [2.05, 4.69) is 20.4 Å². The van der Waals surface area contributed by atoms with Gasteiger partial charge in [0.2, 0.25) is 4.96 Å². The lowest BCUT2D eigenvalue weighted by Gasteiger charge is -2.10. The monoisotopic (exact) mass is 519 g/mol. The normalized spacial score (nSPS) is 11.6. The zero-order valence-electron chi connectivity index (χ0n) is 18.8. The van der Waals surface area contributed by atoms with Gasteiger partial charge in [-0.3, -0.25) is 14.6 Å². The van der Waals surface area contributed by atoms with Crippen LogP contribution in [0.4, 0.5) is 5.69 Å². The first-order valence-electron chi connectivity index (χ1n) is 10.7. The molecule has 0 atom stereocenters. The van der Waals surface area contributed by atoms with Crippen molar-refractivity contribution in [1.82, 2.24) is 19.6 Å². The summed E-state index contributed by atoms with van der Waals surface area (Å²) >= 11 is 7.38. The van der Waals surface area contributed by atoms with Gasteiger partial charge in [-0.15, -0.1) is 5.10 Å². The number of pyridine rings is 1. The van der Waals surface area contributed by atoms with Crippen LogP contribution in [0.3, 0.4) is 0 Å². The molecule has 0 aliphatic heterocycles. The van der Waals surface area contributed by atoms with E-state index in [0.717, 1.165) is 5.56 Å². The maximum atomic E-state index is 13.0. The van der Waals surface area contributed by atoms with Crippen LogP contribution < -0.4 is 24.9 Å². The lowest BCUT2D eigenvalue weighted by molar-refractivity contribution is -0.118. The minimum Gasteiger partial charge on any atom is -0.497 e. The Labute approximate surface area is 213 Å². The third-order valence-electron chi connectivity index (χ3n) is 5.11. The van der Waals surface area contributed by atoms with Crippen LogP contribution in [0.15, 0.2) is 71.8 Å². The van der Waals surface area contributed by atoms with Gasteiger partial charge in [-0.05, 0) is 60.7 Å². The van der Waals surface area contributed by atoms with Crippen molar-refractivity contribution in [2.24, 2.45) is 0 Å². The molecular weight excluding hydrogens is 502 g/mol. The number of aromatic nitrogens is 4. The van der Waals surface area contributed by atoms with E-state index in [1.54, 1.807) is 80.2 Å². The number of fused-ring (bicyclic) bond motifs is 1. The van der Waals surface area contributed by atoms with E-state index in [9.17, 15) is 9.59 Å². The van der Waals surface area contributed by atoms with Crippen LogP contribution in [0.5, 0.6) is 11.5 Å². The molecule has 9 nitrogen and oxygen atoms in total. The highest BCUT2D eigenvalue weighted by atomic mass is 35.5. The van der Waals surface area contributed by atoms with Crippen molar-refractivity contribution in [1.29, 1.82) is 0 Å². The molecule has 3 heterocycles. The number of nitrogens with one attached hydrogen (secondary N) is 1. The Morgan fingerprint density at radius 2 is 1.92 bits per heavy atom. The van der Waals surface area contributed by atoms with E-state index >= 15 is 0 Å². The molecule has 11 heteroatoms. The van der Waals surface area contributed by atoms with Crippen molar-refractivity contribution in [3.05, 3.63) is 92.5 Å². The summed E-state index contributed by atoms with van der Waals surface area (Å²) < 4.78 is 12.5. The maximum Gasteiger partial charge on any atom is 0.291 e. The second-order valence-electron chi connectivity index (χ2n) is 7.53. The summed E-state index contributed by atoms with van der Waals surface area (Å²) in [7, 11) is 1.57. The Morgan fingerprint density at radius 1 is 1.14 bits per heavy atom. The molecule has 0 aliphatic carbocycles. The van der Waals surface area contributed by atoms with E-state index in [1.165, 1.54) is 15.9 Å². The van der Waals surface area contributed by atoms with Gasteiger partial charge in [-0.25, -0.2) is 0 Å². The number of anilines is 1. The summed E-state index contributed by atoms with van der Waals surface area (Å²) in [4.78, 5) is 34.3. The number of hydrogen-bond acceptors (Lipinski definition) is 8. The Balaban J connectivity index is 1.37. The van der Waals surface area contributed by atoms with Crippen molar-refractivity contribution < 1.29 is 14.3 Å². The van der Waals surface area contributed by atoms with Crippen molar-refractivity contribution in [2.45, 2.75) is 0 Å². The molecule has 0 bridgehead atoms. The van der Waals surface area contributed by atoms with Crippen molar-refractivity contribution in [2.75, 3.05) is 19.0 Å². The van der Waals surface area contributed by atoms with E-state index in [0.29, 0.717) is 43.1 Å². The lowest BCUT2D eigenvalue weighted by Crippen LogP contribution is -2.24. The molecule has 0 saturated carbocycles. The molecular formula is C25H18ClN5O4S. The third kappa shape index (κ3) is 5.04. The van der Waals surface area contributed by atoms with Gasteiger partial charge in [-0.2, -0.15) is 9.50 Å². The molecule has 1 amide bonds. The molecule has 0 fully saturated rings. The molecule has 5 rings (SSSR count). The van der Waals surface area contributed by atoms with Gasteiger partial charge in [0.05, 0.1) is 11.6 Å². The number of carbonyl (C=O) groups is 1. The van der Waals surface area contributed by atoms with Gasteiger partial charge in [0.25, 0.3) is 11.5 Å². The number of thiazole rings is 1. The molecule has 3 aromatic heterocycles. The fraction of sp³-hybridized carbons (Fsp3) is 0.0800. The summed E-state index contributed by atoms with van der Waals surface area (Å²) in [6.07, 6.45) is 4.93. The molecule has 0 aliphatic rings. The number of methoxy groups -OCH3 is 1. The van der Waals surface area contributed by atoms with Crippen LogP contribution in [0.25, 0.3) is 22.4 Å². The Hall–Kier alpha value is -4.28. The van der Waals surface area contributed by atoms with Crippen LogP contribution in [0.1, 0.15) is 5.56 Å². The maximum absolute atomic E-state index is 13.0. The van der Waals surface area contributed by atoms with Crippen molar-refractivity contribution in [3.8, 4) is 22.9 Å². The molecule has 5 aromatic rings. The number of amides is 1. The van der Waals surface area contributed by atoms with Crippen LogP contribution in [0, 0.1) is 0 Å². The minimum atomic E-state index is -0.340. The summed E-state index contributed by atoms with van der Waals surface area (Å²) in [5.41, 5.74) is 1.62. The Bertz CT molecular complexity index is 1650. The second-order valence-corrected chi connectivity index (χ2v) is 8.97. The van der Waals surface area contributed by atoms with Gasteiger partial charge in [-0.1, -0.05) is 22.9 Å². The highest BCUT2D eigenvalue weighted by molar-refractivity contribution is 7.15. The Morgan fingerprint density at radius 3 is 2.64 bits per heavy atom. The number of halogens is 1. The minimum absolute atomic E-state index is 0.233. The molecule has 0 spiro atoms. The van der Waals surface area contributed by atoms with E-state index < -0.39 is 0 Å². The lowest BCUT2D eigenvalue weighted by atomic mass is 10.2. The second kappa shape index (κ2) is 10.1. The zero-order valence-corrected chi connectivity index (χ0v) is 20.4. The molecule has 180 valence electrons. The third-order valence-corrected chi connectivity index (χ3v) is 6.31. The number of nitrogens with zero attached hydrogens (tertiary/aromatic N) is 4. The first-order valence-corrected chi connectivity index (χ1v) is 11.9. The predicted octanol–water partition coefficient (Wildman–Crippen LogP) is 3.44. The standard InChI is InChI=1S/C25H18ClN5O4S/c1-34-19-5-3-18(4-6-19)28-22(32)14-35-20-7-2-17(26)12-16(20)13-21-24(33)31-25(36-21)29-23(30-31)15-8-10-27-11-9-15/h2-13H,14H2,1H3,(H,28,32)/b21-13-. The summed E-state index contributed by atoms with van der Waals surface area (Å²) in [5.74, 6) is 1.20. The number of hydrogen-bond donors (Lipinski definition) is 1. The molecule has 0 unspecified atom stereocenters. The first-order chi connectivity index (χ1) is 17.5. The van der Waals surface area contributed by atoms with Crippen molar-refractivity contribution >= 4 is 45.6 Å². The summed E-state index contributed by atoms with van der Waals surface area (Å²) in [6, 6.07) is 15.5.